The molecule has 4 nitrogen and oxygen atoms in total. The van der Waals surface area contributed by atoms with Gasteiger partial charge in [-0.3, -0.25) is 9.98 Å². The molecule has 0 heterocycles. The molecule has 182 valence electrons. The number of aliphatic imine (C=N–C) groups is 2. The van der Waals surface area contributed by atoms with E-state index in [9.17, 15) is 27.8 Å². The summed E-state index contributed by atoms with van der Waals surface area (Å²) in [6.07, 6.45) is 2.29. The van der Waals surface area contributed by atoms with E-state index in [1.165, 1.54) is 0 Å². The van der Waals surface area contributed by atoms with Crippen molar-refractivity contribution < 1.29 is 27.8 Å². The molecule has 4 rings (SSSR count). The second kappa shape index (κ2) is 10.9. The average molecular weight is 492 g/mol. The SMILES string of the molecule is Oc1c(F)cc(F)cc1C=N[C@@H](c1ccccc1)[C@@H](N=Cc1cc(F)cc(F)c1O)c1ccccc1. The summed E-state index contributed by atoms with van der Waals surface area (Å²) in [6.45, 7) is 0. The molecule has 2 N–H and O–H groups in total. The molecule has 0 amide bonds. The minimum atomic E-state index is -1.13. The van der Waals surface area contributed by atoms with Gasteiger partial charge in [0.2, 0.25) is 0 Å². The molecule has 0 aliphatic rings. The van der Waals surface area contributed by atoms with Crippen LogP contribution in [0.2, 0.25) is 0 Å². The Kier molecular flexibility index (Phi) is 7.44. The molecule has 0 unspecified atom stereocenters. The van der Waals surface area contributed by atoms with Crippen LogP contribution in [0.15, 0.2) is 94.9 Å². The van der Waals surface area contributed by atoms with Crippen molar-refractivity contribution in [2.24, 2.45) is 9.98 Å². The van der Waals surface area contributed by atoms with Crippen LogP contribution in [0.25, 0.3) is 0 Å². The lowest BCUT2D eigenvalue weighted by atomic mass is 9.94. The van der Waals surface area contributed by atoms with E-state index in [0.717, 1.165) is 24.6 Å². The molecule has 0 aliphatic heterocycles. The Hall–Kier alpha value is -4.46. The molecule has 4 aromatic carbocycles. The van der Waals surface area contributed by atoms with E-state index in [0.29, 0.717) is 23.3 Å². The molecule has 0 fully saturated rings. The monoisotopic (exact) mass is 492 g/mol. The number of phenols is 2. The minimum absolute atomic E-state index is 0.172. The van der Waals surface area contributed by atoms with Crippen molar-refractivity contribution in [3.05, 3.63) is 130 Å². The van der Waals surface area contributed by atoms with Crippen LogP contribution >= 0.6 is 0 Å². The molecule has 0 saturated heterocycles. The highest BCUT2D eigenvalue weighted by Crippen LogP contribution is 2.36. The molecule has 0 aromatic heterocycles. The second-order valence-corrected chi connectivity index (χ2v) is 7.92. The maximum atomic E-state index is 13.9. The number of phenolic OH excluding ortho intramolecular Hbond substituents is 2. The van der Waals surface area contributed by atoms with Crippen LogP contribution in [0.1, 0.15) is 34.3 Å². The topological polar surface area (TPSA) is 65.2 Å². The first-order chi connectivity index (χ1) is 17.3. The molecular weight excluding hydrogens is 472 g/mol. The number of rotatable bonds is 7. The summed E-state index contributed by atoms with van der Waals surface area (Å²) >= 11 is 0. The molecule has 2 atom stereocenters. The summed E-state index contributed by atoms with van der Waals surface area (Å²) < 4.78 is 55.3. The van der Waals surface area contributed by atoms with Crippen LogP contribution in [0, 0.1) is 23.3 Å². The van der Waals surface area contributed by atoms with Crippen molar-refractivity contribution in [2.75, 3.05) is 0 Å². The first-order valence-electron chi connectivity index (χ1n) is 10.9. The van der Waals surface area contributed by atoms with Crippen LogP contribution in [0.5, 0.6) is 11.5 Å². The zero-order valence-electron chi connectivity index (χ0n) is 18.7. The third kappa shape index (κ3) is 5.60. The van der Waals surface area contributed by atoms with Crippen LogP contribution in [0.4, 0.5) is 17.6 Å². The molecule has 0 radical (unpaired) electrons. The molecule has 0 spiro atoms. The van der Waals surface area contributed by atoms with Gasteiger partial charge in [-0.15, -0.1) is 0 Å². The predicted octanol–water partition coefficient (Wildman–Crippen LogP) is 6.67. The number of nitrogens with zero attached hydrogens (tertiary/aromatic N) is 2. The van der Waals surface area contributed by atoms with Crippen molar-refractivity contribution in [3.8, 4) is 11.5 Å². The van der Waals surface area contributed by atoms with Crippen molar-refractivity contribution in [2.45, 2.75) is 12.1 Å². The number of halogens is 4. The lowest BCUT2D eigenvalue weighted by Crippen LogP contribution is -2.09. The van der Waals surface area contributed by atoms with Crippen LogP contribution in [-0.2, 0) is 0 Å². The molecule has 0 aliphatic carbocycles. The molecule has 8 heteroatoms. The highest BCUT2D eigenvalue weighted by Gasteiger charge is 2.24. The zero-order chi connectivity index (χ0) is 25.7. The number of hydrogen-bond donors (Lipinski definition) is 2. The van der Waals surface area contributed by atoms with E-state index < -0.39 is 46.9 Å². The van der Waals surface area contributed by atoms with Crippen LogP contribution < -0.4 is 0 Å². The van der Waals surface area contributed by atoms with E-state index in [1.807, 2.05) is 0 Å². The molecule has 0 saturated carbocycles. The first kappa shape index (κ1) is 24.7. The summed E-state index contributed by atoms with van der Waals surface area (Å²) in [4.78, 5) is 9.02. The van der Waals surface area contributed by atoms with Gasteiger partial charge in [0.1, 0.15) is 23.7 Å². The Morgan fingerprint density at radius 3 is 1.28 bits per heavy atom. The zero-order valence-corrected chi connectivity index (χ0v) is 18.7. The molecule has 4 aromatic rings. The van der Waals surface area contributed by atoms with Crippen molar-refractivity contribution in [1.82, 2.24) is 0 Å². The fourth-order valence-corrected chi connectivity index (χ4v) is 3.69. The van der Waals surface area contributed by atoms with Crippen molar-refractivity contribution in [1.29, 1.82) is 0 Å². The second-order valence-electron chi connectivity index (χ2n) is 7.92. The summed E-state index contributed by atoms with van der Waals surface area (Å²) in [6, 6.07) is 19.2. The Bertz CT molecular complexity index is 1300. The molecule has 0 bridgehead atoms. The van der Waals surface area contributed by atoms with Crippen molar-refractivity contribution >= 4 is 12.4 Å². The lowest BCUT2D eigenvalue weighted by molar-refractivity contribution is 0.426. The van der Waals surface area contributed by atoms with Gasteiger partial charge >= 0.3 is 0 Å². The Labute approximate surface area is 204 Å². The molecule has 36 heavy (non-hydrogen) atoms. The molecular formula is C28H20F4N2O2. The fraction of sp³-hybridized carbons (Fsp3) is 0.0714. The third-order valence-corrected chi connectivity index (χ3v) is 5.45. The largest absolute Gasteiger partial charge is 0.504 e. The minimum Gasteiger partial charge on any atom is -0.504 e. The first-order valence-corrected chi connectivity index (χ1v) is 10.9. The Morgan fingerprint density at radius 1 is 0.556 bits per heavy atom. The average Bonchev–Trinajstić information content (AvgIpc) is 2.87. The van der Waals surface area contributed by atoms with Gasteiger partial charge in [-0.25, -0.2) is 17.6 Å². The summed E-state index contributed by atoms with van der Waals surface area (Å²) in [5.74, 6) is -5.55. The van der Waals surface area contributed by atoms with Gasteiger partial charge in [-0.1, -0.05) is 60.7 Å². The fourth-order valence-electron chi connectivity index (χ4n) is 3.69. The van der Waals surface area contributed by atoms with Gasteiger partial charge in [0.25, 0.3) is 0 Å². The van der Waals surface area contributed by atoms with E-state index in [-0.39, 0.29) is 11.1 Å². The van der Waals surface area contributed by atoms with E-state index in [1.54, 1.807) is 60.7 Å². The van der Waals surface area contributed by atoms with Gasteiger partial charge in [-0.05, 0) is 23.3 Å². The normalized spacial score (nSPS) is 13.3. The van der Waals surface area contributed by atoms with Gasteiger partial charge in [0, 0.05) is 35.7 Å². The maximum absolute atomic E-state index is 13.9. The van der Waals surface area contributed by atoms with Gasteiger partial charge in [0.15, 0.2) is 23.1 Å². The number of benzene rings is 4. The highest BCUT2D eigenvalue weighted by molar-refractivity contribution is 5.84. The highest BCUT2D eigenvalue weighted by atomic mass is 19.1. The van der Waals surface area contributed by atoms with Gasteiger partial charge < -0.3 is 10.2 Å². The Morgan fingerprint density at radius 2 is 0.917 bits per heavy atom. The Balaban J connectivity index is 1.84. The lowest BCUT2D eigenvalue weighted by Gasteiger charge is -2.22. The quantitative estimate of drug-likeness (QED) is 0.223. The van der Waals surface area contributed by atoms with Crippen LogP contribution in [0.3, 0.4) is 0 Å². The predicted molar refractivity (Wildman–Crippen MR) is 130 cm³/mol. The maximum Gasteiger partial charge on any atom is 0.168 e. The van der Waals surface area contributed by atoms with E-state index in [2.05, 4.69) is 9.98 Å². The summed E-state index contributed by atoms with van der Waals surface area (Å²) in [5.41, 5.74) is 1.000. The number of aromatic hydroxyl groups is 2. The summed E-state index contributed by atoms with van der Waals surface area (Å²) in [5, 5.41) is 20.1. The number of hydrogen-bond acceptors (Lipinski definition) is 4. The van der Waals surface area contributed by atoms with E-state index >= 15 is 0 Å². The summed E-state index contributed by atoms with van der Waals surface area (Å²) in [7, 11) is 0. The standard InChI is InChI=1S/C28H20F4N2O2/c29-21-11-19(27(35)23(31)13-21)15-33-25(17-7-3-1-4-8-17)26(18-9-5-2-6-10-18)34-16-20-12-22(30)14-24(32)28(20)36/h1-16,25-26,35-36H/t25-,26-/m0/s1. The van der Waals surface area contributed by atoms with Crippen molar-refractivity contribution in [3.63, 3.8) is 0 Å². The van der Waals surface area contributed by atoms with Gasteiger partial charge in [-0.2, -0.15) is 0 Å². The smallest absolute Gasteiger partial charge is 0.168 e. The third-order valence-electron chi connectivity index (χ3n) is 5.45. The van der Waals surface area contributed by atoms with Crippen LogP contribution in [-0.4, -0.2) is 22.6 Å². The van der Waals surface area contributed by atoms with E-state index in [4.69, 9.17) is 0 Å². The van der Waals surface area contributed by atoms with Gasteiger partial charge in [0.05, 0.1) is 0 Å².